The highest BCUT2D eigenvalue weighted by Gasteiger charge is 2.90. The summed E-state index contributed by atoms with van der Waals surface area (Å²) in [6.45, 7) is -1.27. The van der Waals surface area contributed by atoms with Gasteiger partial charge in [0.1, 0.15) is 19.0 Å². The Kier molecular flexibility index (Phi) is 8.35. The normalized spacial score (nSPS) is 14.4. The number of rotatable bonds is 11. The molecule has 0 fully saturated rings. The number of hydrogen-bond acceptors (Lipinski definition) is 4. The van der Waals surface area contributed by atoms with Gasteiger partial charge in [-0.1, -0.05) is 30.3 Å². The molecule has 0 N–H and O–H groups in total. The van der Waals surface area contributed by atoms with Crippen LogP contribution in [0.2, 0.25) is 0 Å². The standard InChI is InChI=1S/C20H13F13O4S/c21-15(22,16(23,24)17(25,26)18(27,28)19(29,30)20(31,32)33)12-5-4-8-14(11-12)38(34,35)37-10-9-36-13-6-2-1-3-7-13/h1-8,11H,9-10H2. The third-order valence-corrected chi connectivity index (χ3v) is 6.06. The zero-order valence-corrected chi connectivity index (χ0v) is 18.9. The molecule has 0 spiro atoms. The van der Waals surface area contributed by atoms with E-state index >= 15 is 0 Å². The van der Waals surface area contributed by atoms with E-state index in [0.717, 1.165) is 0 Å². The van der Waals surface area contributed by atoms with Gasteiger partial charge in [-0.15, -0.1) is 0 Å². The van der Waals surface area contributed by atoms with Gasteiger partial charge in [-0.05, 0) is 24.3 Å². The molecule has 0 aliphatic heterocycles. The van der Waals surface area contributed by atoms with Crippen LogP contribution in [0, 0.1) is 0 Å². The Hall–Kier alpha value is -2.76. The second kappa shape index (κ2) is 10.1. The van der Waals surface area contributed by atoms with Crippen molar-refractivity contribution < 1.29 is 74.4 Å². The Labute approximate surface area is 205 Å². The SMILES string of the molecule is O=S(=O)(OCCOc1ccccc1)c1cccc(C(F)(F)C(F)(F)C(F)(F)C(F)(F)C(F)(F)C(F)(F)F)c1. The zero-order chi connectivity index (χ0) is 29.4. The molecule has 0 heterocycles. The van der Waals surface area contributed by atoms with Gasteiger partial charge in [0, 0.05) is 5.56 Å². The van der Waals surface area contributed by atoms with Gasteiger partial charge in [0.05, 0.1) is 4.90 Å². The maximum absolute atomic E-state index is 14.4. The van der Waals surface area contributed by atoms with Crippen LogP contribution in [0.15, 0.2) is 59.5 Å². The molecule has 4 nitrogen and oxygen atoms in total. The molecule has 0 amide bonds. The fraction of sp³-hybridized carbons (Fsp3) is 0.400. The zero-order valence-electron chi connectivity index (χ0n) is 18.1. The second-order valence-electron chi connectivity index (χ2n) is 7.34. The molecule has 0 aliphatic rings. The van der Waals surface area contributed by atoms with Crippen LogP contribution in [-0.2, 0) is 20.2 Å². The Morgan fingerprint density at radius 2 is 1.13 bits per heavy atom. The third-order valence-electron chi connectivity index (χ3n) is 4.75. The van der Waals surface area contributed by atoms with Crippen molar-refractivity contribution in [3.05, 3.63) is 60.2 Å². The lowest BCUT2D eigenvalue weighted by molar-refractivity contribution is -0.441. The van der Waals surface area contributed by atoms with Gasteiger partial charge in [0.15, 0.2) is 0 Å². The monoisotopic (exact) mass is 596 g/mol. The molecule has 2 rings (SSSR count). The van der Waals surface area contributed by atoms with E-state index in [2.05, 4.69) is 4.18 Å². The van der Waals surface area contributed by atoms with Crippen molar-refractivity contribution in [3.8, 4) is 5.75 Å². The first-order valence-corrected chi connectivity index (χ1v) is 11.1. The fourth-order valence-electron chi connectivity index (χ4n) is 2.69. The van der Waals surface area contributed by atoms with Crippen LogP contribution in [0.4, 0.5) is 57.1 Å². The first-order chi connectivity index (χ1) is 17.0. The van der Waals surface area contributed by atoms with Crippen molar-refractivity contribution in [2.45, 2.75) is 40.7 Å². The highest BCUT2D eigenvalue weighted by molar-refractivity contribution is 7.86. The van der Waals surface area contributed by atoms with Crippen LogP contribution in [0.3, 0.4) is 0 Å². The molecule has 0 atom stereocenters. The Morgan fingerprint density at radius 3 is 1.66 bits per heavy atom. The average molecular weight is 596 g/mol. The molecule has 214 valence electrons. The minimum absolute atomic E-state index is 0.179. The van der Waals surface area contributed by atoms with Crippen molar-refractivity contribution in [3.63, 3.8) is 0 Å². The largest absolute Gasteiger partial charge is 0.491 e. The molecule has 0 saturated heterocycles. The molecule has 0 aromatic heterocycles. The van der Waals surface area contributed by atoms with Gasteiger partial charge in [0.25, 0.3) is 10.1 Å². The van der Waals surface area contributed by atoms with Crippen LogP contribution in [0.25, 0.3) is 0 Å². The van der Waals surface area contributed by atoms with E-state index in [1.807, 2.05) is 0 Å². The maximum Gasteiger partial charge on any atom is 0.460 e. The predicted octanol–water partition coefficient (Wildman–Crippen LogP) is 6.67. The lowest BCUT2D eigenvalue weighted by Crippen LogP contribution is -2.69. The Balaban J connectivity index is 2.35. The van der Waals surface area contributed by atoms with Gasteiger partial charge in [-0.2, -0.15) is 65.5 Å². The molecule has 2 aromatic rings. The molecule has 0 saturated carbocycles. The van der Waals surface area contributed by atoms with Crippen LogP contribution in [0.5, 0.6) is 5.75 Å². The van der Waals surface area contributed by atoms with Gasteiger partial charge < -0.3 is 4.74 Å². The summed E-state index contributed by atoms with van der Waals surface area (Å²) < 4.78 is 207. The fourth-order valence-corrected chi connectivity index (χ4v) is 3.63. The summed E-state index contributed by atoms with van der Waals surface area (Å²) in [5, 5.41) is 0. The molecule has 0 radical (unpaired) electrons. The van der Waals surface area contributed by atoms with Crippen molar-refractivity contribution >= 4 is 10.1 Å². The van der Waals surface area contributed by atoms with Gasteiger partial charge >= 0.3 is 35.8 Å². The highest BCUT2D eigenvalue weighted by Crippen LogP contribution is 2.62. The summed E-state index contributed by atoms with van der Waals surface area (Å²) in [5.41, 5.74) is -2.45. The number of hydrogen-bond donors (Lipinski definition) is 0. The third kappa shape index (κ3) is 5.37. The molecule has 0 unspecified atom stereocenters. The second-order valence-corrected chi connectivity index (χ2v) is 8.95. The summed E-state index contributed by atoms with van der Waals surface area (Å²) >= 11 is 0. The summed E-state index contributed by atoms with van der Waals surface area (Å²) in [5.74, 6) is -37.9. The topological polar surface area (TPSA) is 52.6 Å². The molecule has 38 heavy (non-hydrogen) atoms. The highest BCUT2D eigenvalue weighted by atomic mass is 32.2. The van der Waals surface area contributed by atoms with Crippen LogP contribution >= 0.6 is 0 Å². The van der Waals surface area contributed by atoms with Crippen molar-refractivity contribution in [1.29, 1.82) is 0 Å². The van der Waals surface area contributed by atoms with E-state index in [0.29, 0.717) is 6.07 Å². The lowest BCUT2D eigenvalue weighted by atomic mass is 9.90. The van der Waals surface area contributed by atoms with E-state index in [-0.39, 0.29) is 17.9 Å². The molecule has 0 bridgehead atoms. The van der Waals surface area contributed by atoms with E-state index in [1.54, 1.807) is 6.07 Å². The molecule has 2 aromatic carbocycles. The number of benzene rings is 2. The smallest absolute Gasteiger partial charge is 0.460 e. The molecular formula is C20H13F13O4S. The molecule has 18 heteroatoms. The van der Waals surface area contributed by atoms with Gasteiger partial charge in [-0.3, -0.25) is 4.18 Å². The van der Waals surface area contributed by atoms with E-state index in [4.69, 9.17) is 4.74 Å². The van der Waals surface area contributed by atoms with Crippen molar-refractivity contribution in [1.82, 2.24) is 0 Å². The minimum atomic E-state index is -8.07. The summed E-state index contributed by atoms with van der Waals surface area (Å²) in [6, 6.07) is 7.65. The van der Waals surface area contributed by atoms with Gasteiger partial charge in [-0.25, -0.2) is 0 Å². The first kappa shape index (κ1) is 31.5. The van der Waals surface area contributed by atoms with E-state index in [9.17, 15) is 65.5 Å². The van der Waals surface area contributed by atoms with Crippen molar-refractivity contribution in [2.75, 3.05) is 13.2 Å². The molecular weight excluding hydrogens is 583 g/mol. The summed E-state index contributed by atoms with van der Waals surface area (Å²) in [6.07, 6.45) is -7.54. The van der Waals surface area contributed by atoms with E-state index in [1.165, 1.54) is 24.3 Å². The number of para-hydroxylation sites is 1. The predicted molar refractivity (Wildman–Crippen MR) is 101 cm³/mol. The Morgan fingerprint density at radius 1 is 0.605 bits per heavy atom. The quantitative estimate of drug-likeness (QED) is 0.165. The minimum Gasteiger partial charge on any atom is -0.491 e. The van der Waals surface area contributed by atoms with E-state index < -0.39 is 75.6 Å². The lowest BCUT2D eigenvalue weighted by Gasteiger charge is -2.39. The van der Waals surface area contributed by atoms with Crippen LogP contribution < -0.4 is 4.74 Å². The summed E-state index contributed by atoms with van der Waals surface area (Å²) in [7, 11) is -5.11. The maximum atomic E-state index is 14.4. The first-order valence-electron chi connectivity index (χ1n) is 9.67. The average Bonchev–Trinajstić information content (AvgIpc) is 2.81. The van der Waals surface area contributed by atoms with Gasteiger partial charge in [0.2, 0.25) is 0 Å². The molecule has 0 aliphatic carbocycles. The van der Waals surface area contributed by atoms with Crippen LogP contribution in [-0.4, -0.2) is 51.5 Å². The Bertz CT molecular complexity index is 1210. The van der Waals surface area contributed by atoms with Crippen molar-refractivity contribution in [2.24, 2.45) is 0 Å². The summed E-state index contributed by atoms with van der Waals surface area (Å²) in [4.78, 5) is -1.40. The number of halogens is 13. The van der Waals surface area contributed by atoms with Crippen LogP contribution in [0.1, 0.15) is 5.56 Å². The number of alkyl halides is 13. The number of ether oxygens (including phenoxy) is 1.